The van der Waals surface area contributed by atoms with Gasteiger partial charge in [-0.1, -0.05) is 0 Å². The topological polar surface area (TPSA) is 68.5 Å². The smallest absolute Gasteiger partial charge is 0.404 e. The Bertz CT molecular complexity index is 444. The Morgan fingerprint density at radius 2 is 2.41 bits per heavy atom. The molecule has 0 bridgehead atoms. The lowest BCUT2D eigenvalue weighted by molar-refractivity contribution is 0.117. The van der Waals surface area contributed by atoms with E-state index in [4.69, 9.17) is 10.5 Å². The van der Waals surface area contributed by atoms with Gasteiger partial charge >= 0.3 is 6.09 Å². The van der Waals surface area contributed by atoms with Crippen LogP contribution < -0.4 is 10.6 Å². The van der Waals surface area contributed by atoms with Gasteiger partial charge in [-0.25, -0.2) is 9.78 Å². The number of amides is 1. The van der Waals surface area contributed by atoms with Crippen LogP contribution in [-0.4, -0.2) is 30.3 Å². The van der Waals surface area contributed by atoms with E-state index in [0.29, 0.717) is 29.8 Å². The lowest BCUT2D eigenvalue weighted by atomic mass is 10.3. The molecule has 1 aliphatic heterocycles. The van der Waals surface area contributed by atoms with E-state index in [1.54, 1.807) is 12.1 Å². The van der Waals surface area contributed by atoms with Crippen molar-refractivity contribution in [1.29, 1.82) is 0 Å². The van der Waals surface area contributed by atoms with Gasteiger partial charge in [0.05, 0.1) is 11.0 Å². The summed E-state index contributed by atoms with van der Waals surface area (Å²) in [6, 6.07) is 3.31. The number of nitrogens with two attached hydrogens (primary N) is 1. The molecule has 7 heteroatoms. The first-order valence-corrected chi connectivity index (χ1v) is 5.88. The molecule has 0 saturated carbocycles. The van der Waals surface area contributed by atoms with E-state index in [1.165, 1.54) is 0 Å². The Kier molecular flexibility index (Phi) is 3.46. The van der Waals surface area contributed by atoms with E-state index >= 15 is 0 Å². The van der Waals surface area contributed by atoms with Crippen LogP contribution in [0.4, 0.5) is 15.0 Å². The van der Waals surface area contributed by atoms with Crippen molar-refractivity contribution in [2.75, 3.05) is 18.0 Å². The van der Waals surface area contributed by atoms with Crippen LogP contribution in [0.1, 0.15) is 6.42 Å². The molecule has 1 fully saturated rings. The van der Waals surface area contributed by atoms with Gasteiger partial charge in [-0.3, -0.25) is 0 Å². The maximum absolute atomic E-state index is 13.2. The summed E-state index contributed by atoms with van der Waals surface area (Å²) in [6.07, 6.45) is -0.365. The van der Waals surface area contributed by atoms with Crippen LogP contribution in [-0.2, 0) is 4.74 Å². The Morgan fingerprint density at radius 3 is 3.06 bits per heavy atom. The maximum atomic E-state index is 13.2. The predicted molar refractivity (Wildman–Crippen MR) is 63.2 cm³/mol. The van der Waals surface area contributed by atoms with Crippen LogP contribution in [0.25, 0.3) is 0 Å². The number of hydrogen-bond acceptors (Lipinski definition) is 4. The molecule has 1 unspecified atom stereocenters. The molecule has 0 aromatic carbocycles. The fourth-order valence-electron chi connectivity index (χ4n) is 1.78. The number of hydrogen-bond donors (Lipinski definition) is 1. The first-order chi connectivity index (χ1) is 8.06. The third-order valence-electron chi connectivity index (χ3n) is 2.54. The van der Waals surface area contributed by atoms with Gasteiger partial charge < -0.3 is 15.4 Å². The SMILES string of the molecule is NC(=O)OC1CCN(c2ccc(Br)c(F)n2)C1. The molecule has 1 saturated heterocycles. The number of anilines is 1. The zero-order chi connectivity index (χ0) is 12.4. The second-order valence-electron chi connectivity index (χ2n) is 3.74. The molecular weight excluding hydrogens is 293 g/mol. The van der Waals surface area contributed by atoms with E-state index in [-0.39, 0.29) is 6.10 Å². The lowest BCUT2D eigenvalue weighted by Crippen LogP contribution is -2.27. The van der Waals surface area contributed by atoms with E-state index in [2.05, 4.69) is 20.9 Å². The van der Waals surface area contributed by atoms with Gasteiger partial charge in [-0.2, -0.15) is 4.39 Å². The highest BCUT2D eigenvalue weighted by atomic mass is 79.9. The van der Waals surface area contributed by atoms with Crippen molar-refractivity contribution in [3.63, 3.8) is 0 Å². The van der Waals surface area contributed by atoms with E-state index in [9.17, 15) is 9.18 Å². The average Bonchev–Trinajstić information content (AvgIpc) is 2.69. The van der Waals surface area contributed by atoms with Crippen LogP contribution in [0, 0.1) is 5.95 Å². The quantitative estimate of drug-likeness (QED) is 0.844. The van der Waals surface area contributed by atoms with Crippen LogP contribution in [0.2, 0.25) is 0 Å². The van der Waals surface area contributed by atoms with Crippen LogP contribution in [0.3, 0.4) is 0 Å². The standard InChI is InChI=1S/C10H11BrFN3O2/c11-7-1-2-8(14-9(7)12)15-4-3-6(5-15)17-10(13)16/h1-2,6H,3-5H2,(H2,13,16). The van der Waals surface area contributed by atoms with Crippen LogP contribution in [0.5, 0.6) is 0 Å². The Labute approximate surface area is 106 Å². The van der Waals surface area contributed by atoms with Crippen molar-refractivity contribution < 1.29 is 13.9 Å². The number of halogens is 2. The number of rotatable bonds is 2. The van der Waals surface area contributed by atoms with Crippen LogP contribution in [0.15, 0.2) is 16.6 Å². The second kappa shape index (κ2) is 4.87. The Morgan fingerprint density at radius 1 is 1.65 bits per heavy atom. The zero-order valence-corrected chi connectivity index (χ0v) is 10.5. The summed E-state index contributed by atoms with van der Waals surface area (Å²) in [5.41, 5.74) is 4.94. The Balaban J connectivity index is 2.04. The fraction of sp³-hybridized carbons (Fsp3) is 0.400. The largest absolute Gasteiger partial charge is 0.444 e. The van der Waals surface area contributed by atoms with Gasteiger partial charge in [-0.05, 0) is 28.1 Å². The molecule has 0 radical (unpaired) electrons. The molecular formula is C10H11BrFN3O2. The molecule has 2 N–H and O–H groups in total. The maximum Gasteiger partial charge on any atom is 0.404 e. The predicted octanol–water partition coefficient (Wildman–Crippen LogP) is 1.66. The molecule has 1 aromatic rings. The van der Waals surface area contributed by atoms with Crippen molar-refractivity contribution in [2.24, 2.45) is 5.73 Å². The summed E-state index contributed by atoms with van der Waals surface area (Å²) < 4.78 is 18.5. The molecule has 1 amide bonds. The van der Waals surface area contributed by atoms with Gasteiger partial charge in [0, 0.05) is 13.0 Å². The molecule has 92 valence electrons. The monoisotopic (exact) mass is 303 g/mol. The zero-order valence-electron chi connectivity index (χ0n) is 8.90. The van der Waals surface area contributed by atoms with Gasteiger partial charge in [0.15, 0.2) is 0 Å². The Hall–Kier alpha value is -1.37. The number of nitrogens with zero attached hydrogens (tertiary/aromatic N) is 2. The number of carbonyl (C=O) groups is 1. The number of ether oxygens (including phenoxy) is 1. The van der Waals surface area contributed by atoms with Gasteiger partial charge in [0.1, 0.15) is 11.9 Å². The third kappa shape index (κ3) is 2.85. The van der Waals surface area contributed by atoms with Gasteiger partial charge in [0.25, 0.3) is 0 Å². The minimum Gasteiger partial charge on any atom is -0.444 e. The van der Waals surface area contributed by atoms with Gasteiger partial charge in [-0.15, -0.1) is 0 Å². The third-order valence-corrected chi connectivity index (χ3v) is 3.13. The van der Waals surface area contributed by atoms with E-state index < -0.39 is 12.0 Å². The number of aromatic nitrogens is 1. The number of primary amides is 1. The van der Waals surface area contributed by atoms with Crippen molar-refractivity contribution in [3.05, 3.63) is 22.6 Å². The van der Waals surface area contributed by atoms with Crippen molar-refractivity contribution in [2.45, 2.75) is 12.5 Å². The summed E-state index contributed by atoms with van der Waals surface area (Å²) in [5, 5.41) is 0. The molecule has 1 aliphatic rings. The first kappa shape index (κ1) is 12.1. The molecule has 17 heavy (non-hydrogen) atoms. The molecule has 2 heterocycles. The fourth-order valence-corrected chi connectivity index (χ4v) is 2.00. The number of carbonyl (C=O) groups excluding carboxylic acids is 1. The highest BCUT2D eigenvalue weighted by Crippen LogP contribution is 2.23. The molecule has 2 rings (SSSR count). The molecule has 5 nitrogen and oxygen atoms in total. The minimum absolute atomic E-state index is 0.249. The molecule has 1 atom stereocenters. The highest BCUT2D eigenvalue weighted by Gasteiger charge is 2.26. The summed E-state index contributed by atoms with van der Waals surface area (Å²) in [5.74, 6) is -0.0250. The molecule has 0 spiro atoms. The highest BCUT2D eigenvalue weighted by molar-refractivity contribution is 9.10. The van der Waals surface area contributed by atoms with E-state index in [0.717, 1.165) is 0 Å². The minimum atomic E-state index is -0.785. The number of pyridine rings is 1. The summed E-state index contributed by atoms with van der Waals surface area (Å²) in [7, 11) is 0. The second-order valence-corrected chi connectivity index (χ2v) is 4.59. The first-order valence-electron chi connectivity index (χ1n) is 5.09. The van der Waals surface area contributed by atoms with Gasteiger partial charge in [0.2, 0.25) is 5.95 Å². The lowest BCUT2D eigenvalue weighted by Gasteiger charge is -2.17. The van der Waals surface area contributed by atoms with Crippen molar-refractivity contribution in [1.82, 2.24) is 4.98 Å². The van der Waals surface area contributed by atoms with Crippen LogP contribution >= 0.6 is 15.9 Å². The summed E-state index contributed by atoms with van der Waals surface area (Å²) >= 11 is 3.04. The van der Waals surface area contributed by atoms with Crippen molar-refractivity contribution in [3.8, 4) is 0 Å². The molecule has 0 aliphatic carbocycles. The normalized spacial score (nSPS) is 19.4. The average molecular weight is 304 g/mol. The summed E-state index contributed by atoms with van der Waals surface area (Å²) in [4.78, 5) is 16.3. The molecule has 1 aromatic heterocycles. The van der Waals surface area contributed by atoms with E-state index in [1.807, 2.05) is 4.90 Å². The van der Waals surface area contributed by atoms with Crippen molar-refractivity contribution >= 4 is 27.8 Å². The summed E-state index contributed by atoms with van der Waals surface area (Å²) in [6.45, 7) is 1.14.